The molecule has 0 radical (unpaired) electrons. The van der Waals surface area contributed by atoms with Gasteiger partial charge in [-0.3, -0.25) is 9.78 Å². The number of hydrazone groups is 1. The summed E-state index contributed by atoms with van der Waals surface area (Å²) >= 11 is 0. The molecule has 0 bridgehead atoms. The highest BCUT2D eigenvalue weighted by molar-refractivity contribution is 5.97. The van der Waals surface area contributed by atoms with Gasteiger partial charge < -0.3 is 4.74 Å². The van der Waals surface area contributed by atoms with E-state index in [1.165, 1.54) is 0 Å². The Labute approximate surface area is 210 Å². The van der Waals surface area contributed by atoms with Crippen molar-refractivity contribution in [3.63, 3.8) is 0 Å². The topological polar surface area (TPSA) is 63.6 Å². The van der Waals surface area contributed by atoms with E-state index in [2.05, 4.69) is 40.6 Å². The van der Waals surface area contributed by atoms with Crippen LogP contribution in [-0.2, 0) is 4.74 Å². The number of nitrogens with one attached hydrogen (secondary N) is 1. The first-order valence-electron chi connectivity index (χ1n) is 11.7. The van der Waals surface area contributed by atoms with Crippen LogP contribution >= 0.6 is 0 Å². The number of allylic oxidation sites excluding steroid dienone is 2. The maximum atomic E-state index is 12.6. The van der Waals surface area contributed by atoms with Crippen molar-refractivity contribution in [2.45, 2.75) is 12.8 Å². The summed E-state index contributed by atoms with van der Waals surface area (Å²) in [7, 11) is 0. The Kier molecular flexibility index (Phi) is 6.81. The molecule has 1 aliphatic rings. The van der Waals surface area contributed by atoms with Crippen LogP contribution in [0.4, 0.5) is 0 Å². The third-order valence-electron chi connectivity index (χ3n) is 6.06. The fraction of sp³-hybridized carbons (Fsp3) is 0.0645. The summed E-state index contributed by atoms with van der Waals surface area (Å²) in [6, 6.07) is 31.6. The Morgan fingerprint density at radius 3 is 2.19 bits per heavy atom. The molecule has 1 aromatic heterocycles. The van der Waals surface area contributed by atoms with E-state index in [0.717, 1.165) is 33.6 Å². The molecule has 0 spiro atoms. The smallest absolute Gasteiger partial charge is 0.271 e. The molecule has 5 nitrogen and oxygen atoms in total. The normalized spacial score (nSPS) is 15.4. The van der Waals surface area contributed by atoms with Gasteiger partial charge in [-0.25, -0.2) is 5.43 Å². The number of aromatic nitrogens is 1. The minimum absolute atomic E-state index is 0.132. The molecule has 0 unspecified atom stereocenters. The minimum atomic E-state index is -0.305. The fourth-order valence-electron chi connectivity index (χ4n) is 4.22. The second-order valence-corrected chi connectivity index (χ2v) is 8.42. The highest BCUT2D eigenvalue weighted by atomic mass is 16.5. The summed E-state index contributed by atoms with van der Waals surface area (Å²) < 4.78 is 6.53. The van der Waals surface area contributed by atoms with Crippen LogP contribution in [0.15, 0.2) is 126 Å². The molecule has 1 N–H and O–H groups in total. The predicted molar refractivity (Wildman–Crippen MR) is 143 cm³/mol. The predicted octanol–water partition coefficient (Wildman–Crippen LogP) is 6.37. The van der Waals surface area contributed by atoms with Crippen LogP contribution in [0.3, 0.4) is 0 Å². The molecule has 0 fully saturated rings. The number of carbonyl (C=O) groups excluding carboxylic acids is 1. The highest BCUT2D eigenvalue weighted by Gasteiger charge is 2.28. The number of aryl methyl sites for hydroxylation is 1. The SMILES string of the molecule is Cc1ccccc1[C@H]1C=C(c2ccccc2)OC(c2ccccc2)=C1/C=N\NC(=O)c1ccncc1. The molecule has 4 aromatic rings. The molecule has 0 saturated heterocycles. The molecule has 3 aromatic carbocycles. The number of hydrogen-bond acceptors (Lipinski definition) is 4. The van der Waals surface area contributed by atoms with E-state index in [1.807, 2.05) is 72.8 Å². The van der Waals surface area contributed by atoms with Gasteiger partial charge >= 0.3 is 0 Å². The van der Waals surface area contributed by atoms with Crippen LogP contribution in [-0.4, -0.2) is 17.1 Å². The van der Waals surface area contributed by atoms with E-state index in [4.69, 9.17) is 4.74 Å². The molecule has 1 amide bonds. The van der Waals surface area contributed by atoms with Crippen molar-refractivity contribution in [1.82, 2.24) is 10.4 Å². The third kappa shape index (κ3) is 5.00. The number of carbonyl (C=O) groups is 1. The van der Waals surface area contributed by atoms with Crippen molar-refractivity contribution in [3.8, 4) is 0 Å². The van der Waals surface area contributed by atoms with Gasteiger partial charge in [-0.05, 0) is 36.3 Å². The molecule has 2 heterocycles. The lowest BCUT2D eigenvalue weighted by Gasteiger charge is -2.28. The minimum Gasteiger partial charge on any atom is -0.456 e. The maximum absolute atomic E-state index is 12.6. The summed E-state index contributed by atoms with van der Waals surface area (Å²) in [4.78, 5) is 16.5. The second kappa shape index (κ2) is 10.7. The zero-order valence-corrected chi connectivity index (χ0v) is 19.8. The first-order valence-corrected chi connectivity index (χ1v) is 11.7. The quantitative estimate of drug-likeness (QED) is 0.262. The molecule has 176 valence electrons. The van der Waals surface area contributed by atoms with E-state index in [0.29, 0.717) is 11.3 Å². The van der Waals surface area contributed by atoms with Crippen molar-refractivity contribution < 1.29 is 9.53 Å². The van der Waals surface area contributed by atoms with Crippen LogP contribution in [0.5, 0.6) is 0 Å². The van der Waals surface area contributed by atoms with Gasteiger partial charge in [0.05, 0.1) is 6.21 Å². The lowest BCUT2D eigenvalue weighted by molar-refractivity contribution is 0.0955. The number of ether oxygens (including phenoxy) is 1. The van der Waals surface area contributed by atoms with Crippen LogP contribution in [0, 0.1) is 6.92 Å². The van der Waals surface area contributed by atoms with Crippen LogP contribution < -0.4 is 5.43 Å². The lowest BCUT2D eigenvalue weighted by atomic mass is 9.84. The van der Waals surface area contributed by atoms with Gasteiger partial charge in [0, 0.05) is 40.6 Å². The Bertz CT molecular complexity index is 1440. The molecular weight excluding hydrogens is 446 g/mol. The number of rotatable bonds is 6. The molecule has 5 rings (SSSR count). The van der Waals surface area contributed by atoms with E-state index in [1.54, 1.807) is 30.7 Å². The van der Waals surface area contributed by atoms with Crippen molar-refractivity contribution >= 4 is 23.6 Å². The van der Waals surface area contributed by atoms with E-state index in [9.17, 15) is 4.79 Å². The molecule has 0 aliphatic carbocycles. The summed E-state index contributed by atoms with van der Waals surface area (Å²) in [5.74, 6) is 1.04. The van der Waals surface area contributed by atoms with Gasteiger partial charge in [-0.1, -0.05) is 84.9 Å². The van der Waals surface area contributed by atoms with Crippen molar-refractivity contribution in [1.29, 1.82) is 0 Å². The number of benzene rings is 3. The molecule has 36 heavy (non-hydrogen) atoms. The summed E-state index contributed by atoms with van der Waals surface area (Å²) in [5, 5.41) is 4.34. The molecule has 0 saturated carbocycles. The highest BCUT2D eigenvalue weighted by Crippen LogP contribution is 2.41. The first-order chi connectivity index (χ1) is 17.7. The van der Waals surface area contributed by atoms with Crippen molar-refractivity contribution in [2.24, 2.45) is 5.10 Å². The van der Waals surface area contributed by atoms with Crippen LogP contribution in [0.2, 0.25) is 0 Å². The number of amides is 1. The summed E-state index contributed by atoms with van der Waals surface area (Å²) in [6.07, 6.45) is 6.97. The van der Waals surface area contributed by atoms with Crippen molar-refractivity contribution in [2.75, 3.05) is 0 Å². The van der Waals surface area contributed by atoms with E-state index in [-0.39, 0.29) is 11.8 Å². The number of hydrogen-bond donors (Lipinski definition) is 1. The Hall–Kier alpha value is -4.77. The van der Waals surface area contributed by atoms with Gasteiger partial charge in [0.2, 0.25) is 0 Å². The average molecular weight is 472 g/mol. The largest absolute Gasteiger partial charge is 0.456 e. The summed E-state index contributed by atoms with van der Waals surface area (Å²) in [5.41, 5.74) is 8.20. The average Bonchev–Trinajstić information content (AvgIpc) is 2.94. The van der Waals surface area contributed by atoms with Crippen molar-refractivity contribution in [3.05, 3.63) is 149 Å². The fourth-order valence-corrected chi connectivity index (χ4v) is 4.22. The van der Waals surface area contributed by atoms with E-state index >= 15 is 0 Å². The first kappa shape index (κ1) is 23.0. The molecular formula is C31H25N3O2. The number of nitrogens with zero attached hydrogens (tertiary/aromatic N) is 2. The van der Waals surface area contributed by atoms with Crippen LogP contribution in [0.25, 0.3) is 11.5 Å². The van der Waals surface area contributed by atoms with E-state index < -0.39 is 0 Å². The van der Waals surface area contributed by atoms with Crippen LogP contribution in [0.1, 0.15) is 38.5 Å². The Morgan fingerprint density at radius 2 is 1.50 bits per heavy atom. The van der Waals surface area contributed by atoms with Gasteiger partial charge in [0.1, 0.15) is 11.5 Å². The Balaban J connectivity index is 1.60. The molecule has 5 heteroatoms. The summed E-state index contributed by atoms with van der Waals surface area (Å²) in [6.45, 7) is 2.10. The number of pyridine rings is 1. The Morgan fingerprint density at radius 1 is 0.861 bits per heavy atom. The molecule has 1 atom stereocenters. The van der Waals surface area contributed by atoms with Gasteiger partial charge in [0.25, 0.3) is 5.91 Å². The lowest BCUT2D eigenvalue weighted by Crippen LogP contribution is -2.19. The maximum Gasteiger partial charge on any atom is 0.271 e. The monoisotopic (exact) mass is 471 g/mol. The van der Waals surface area contributed by atoms with Gasteiger partial charge in [0.15, 0.2) is 0 Å². The van der Waals surface area contributed by atoms with Gasteiger partial charge in [-0.15, -0.1) is 0 Å². The molecule has 1 aliphatic heterocycles. The third-order valence-corrected chi connectivity index (χ3v) is 6.06. The second-order valence-electron chi connectivity index (χ2n) is 8.42. The zero-order valence-electron chi connectivity index (χ0n) is 19.8. The van der Waals surface area contributed by atoms with Gasteiger partial charge in [-0.2, -0.15) is 5.10 Å². The standard InChI is InChI=1S/C31H25N3O2/c1-22-10-8-9-15-26(22)27-20-29(23-11-4-2-5-12-23)36-30(24-13-6-3-7-14-24)28(27)21-33-34-31(35)25-16-18-32-19-17-25/h2-21,27H,1H3,(H,34,35)/b33-21-/t27-/m1/s1. The zero-order chi connectivity index (χ0) is 24.7.